The number of nitrogens with one attached hydrogen (secondary N) is 2. The Morgan fingerprint density at radius 1 is 0.897 bits per heavy atom. The zero-order valence-electron chi connectivity index (χ0n) is 20.3. The van der Waals surface area contributed by atoms with Crippen LogP contribution in [0.25, 0.3) is 27.8 Å². The fraction of sp³-hybridized carbons (Fsp3) is 0. The van der Waals surface area contributed by atoms with Gasteiger partial charge in [0.1, 0.15) is 29.1 Å². The fourth-order valence-corrected chi connectivity index (χ4v) is 4.25. The van der Waals surface area contributed by atoms with Crippen molar-refractivity contribution in [3.05, 3.63) is 131 Å². The molecule has 0 aliphatic rings. The van der Waals surface area contributed by atoms with Gasteiger partial charge >= 0.3 is 0 Å². The summed E-state index contributed by atoms with van der Waals surface area (Å²) in [7, 11) is 0. The van der Waals surface area contributed by atoms with Crippen molar-refractivity contribution in [2.45, 2.75) is 0 Å². The van der Waals surface area contributed by atoms with Gasteiger partial charge in [-0.15, -0.1) is 0 Å². The van der Waals surface area contributed by atoms with E-state index in [1.54, 1.807) is 30.3 Å². The van der Waals surface area contributed by atoms with Crippen molar-refractivity contribution < 1.29 is 13.9 Å². The van der Waals surface area contributed by atoms with Gasteiger partial charge in [-0.05, 0) is 66.2 Å². The van der Waals surface area contributed by atoms with Crippen LogP contribution in [0.5, 0.6) is 11.6 Å². The Labute approximate surface area is 221 Å². The largest absolute Gasteiger partial charge is 0.438 e. The molecular formula is C30H20FN5O3. The lowest BCUT2D eigenvalue weighted by Crippen LogP contribution is -2.27. The first-order valence-corrected chi connectivity index (χ1v) is 12.0. The molecule has 3 heterocycles. The Bertz CT molecular complexity index is 1850. The van der Waals surface area contributed by atoms with E-state index in [4.69, 9.17) is 4.74 Å². The first-order valence-electron chi connectivity index (χ1n) is 12.0. The molecule has 3 aromatic carbocycles. The van der Waals surface area contributed by atoms with Crippen molar-refractivity contribution in [2.24, 2.45) is 0 Å². The van der Waals surface area contributed by atoms with E-state index in [-0.39, 0.29) is 5.56 Å². The van der Waals surface area contributed by atoms with Gasteiger partial charge in [0.05, 0.1) is 5.39 Å². The number of H-pyrrole nitrogens is 1. The zero-order chi connectivity index (χ0) is 26.8. The Morgan fingerprint density at radius 2 is 1.67 bits per heavy atom. The van der Waals surface area contributed by atoms with Crippen molar-refractivity contribution >= 4 is 22.6 Å². The molecule has 0 saturated heterocycles. The highest BCUT2D eigenvalue weighted by molar-refractivity contribution is 6.04. The minimum Gasteiger partial charge on any atom is -0.438 e. The van der Waals surface area contributed by atoms with E-state index in [0.29, 0.717) is 28.7 Å². The van der Waals surface area contributed by atoms with Gasteiger partial charge in [-0.3, -0.25) is 14.2 Å². The van der Waals surface area contributed by atoms with Crippen LogP contribution in [0.4, 0.5) is 10.1 Å². The third-order valence-corrected chi connectivity index (χ3v) is 6.14. The summed E-state index contributed by atoms with van der Waals surface area (Å²) < 4.78 is 20.7. The number of amides is 1. The summed E-state index contributed by atoms with van der Waals surface area (Å²) in [5.41, 5.74) is 2.93. The number of hydrogen-bond donors (Lipinski definition) is 2. The number of pyridine rings is 1. The average Bonchev–Trinajstić information content (AvgIpc) is 3.41. The number of halogens is 1. The van der Waals surface area contributed by atoms with Gasteiger partial charge < -0.3 is 15.0 Å². The Morgan fingerprint density at radius 3 is 2.44 bits per heavy atom. The highest BCUT2D eigenvalue weighted by Crippen LogP contribution is 2.35. The van der Waals surface area contributed by atoms with Gasteiger partial charge in [0.25, 0.3) is 11.5 Å². The molecule has 0 saturated carbocycles. The summed E-state index contributed by atoms with van der Waals surface area (Å²) in [6.07, 6.45) is 4.82. The number of carbonyl (C=O) groups is 1. The van der Waals surface area contributed by atoms with E-state index in [2.05, 4.69) is 20.3 Å². The minimum atomic E-state index is -0.567. The van der Waals surface area contributed by atoms with Gasteiger partial charge in [-0.1, -0.05) is 30.3 Å². The number of aromatic nitrogens is 4. The summed E-state index contributed by atoms with van der Waals surface area (Å²) in [5, 5.41) is 3.49. The molecule has 2 N–H and O–H groups in total. The van der Waals surface area contributed by atoms with Crippen LogP contribution in [0.15, 0.2) is 115 Å². The molecule has 0 spiro atoms. The second-order valence-corrected chi connectivity index (χ2v) is 8.62. The van der Waals surface area contributed by atoms with Crippen LogP contribution >= 0.6 is 0 Å². The Balaban J connectivity index is 1.22. The summed E-state index contributed by atoms with van der Waals surface area (Å²) in [4.78, 5) is 37.6. The zero-order valence-corrected chi connectivity index (χ0v) is 20.3. The molecule has 3 aromatic heterocycles. The molecule has 0 unspecified atom stereocenters. The molecule has 6 rings (SSSR count). The Hall–Kier alpha value is -5.57. The number of ether oxygens (including phenoxy) is 1. The second-order valence-electron chi connectivity index (χ2n) is 8.62. The lowest BCUT2D eigenvalue weighted by atomic mass is 10.1. The maximum Gasteiger partial charge on any atom is 0.267 e. The quantitative estimate of drug-likeness (QED) is 0.284. The molecule has 6 aromatic rings. The first-order chi connectivity index (χ1) is 19.1. The third kappa shape index (κ3) is 4.76. The van der Waals surface area contributed by atoms with Crippen molar-refractivity contribution in [3.8, 4) is 28.4 Å². The number of nitrogens with zero attached hydrogens (tertiary/aromatic N) is 3. The summed E-state index contributed by atoms with van der Waals surface area (Å²) in [6, 6.07) is 25.1. The Kier molecular flexibility index (Phi) is 6.14. The number of aromatic amines is 1. The molecule has 8 nitrogen and oxygen atoms in total. The highest BCUT2D eigenvalue weighted by atomic mass is 19.1. The van der Waals surface area contributed by atoms with Gasteiger partial charge in [-0.25, -0.2) is 14.4 Å². The molecule has 39 heavy (non-hydrogen) atoms. The molecule has 0 atom stereocenters. The monoisotopic (exact) mass is 517 g/mol. The number of hydrogen-bond acceptors (Lipinski definition) is 5. The minimum absolute atomic E-state index is 0.0496. The predicted octanol–water partition coefficient (Wildman–Crippen LogP) is 5.96. The topological polar surface area (TPSA) is 102 Å². The van der Waals surface area contributed by atoms with Crippen molar-refractivity contribution in [1.82, 2.24) is 19.5 Å². The van der Waals surface area contributed by atoms with Crippen molar-refractivity contribution in [3.63, 3.8) is 0 Å². The number of anilines is 1. The second kappa shape index (κ2) is 10.1. The summed E-state index contributed by atoms with van der Waals surface area (Å²) >= 11 is 0. The number of carbonyl (C=O) groups excluding carboxylic acids is 1. The third-order valence-electron chi connectivity index (χ3n) is 6.14. The molecule has 0 bridgehead atoms. The normalized spacial score (nSPS) is 10.9. The first kappa shape index (κ1) is 23.8. The lowest BCUT2D eigenvalue weighted by Gasteiger charge is -2.10. The summed E-state index contributed by atoms with van der Waals surface area (Å²) in [5.74, 6) is -0.0847. The van der Waals surface area contributed by atoms with Gasteiger partial charge in [-0.2, -0.15) is 0 Å². The predicted molar refractivity (Wildman–Crippen MR) is 146 cm³/mol. The lowest BCUT2D eigenvalue weighted by molar-refractivity contribution is 0.102. The van der Waals surface area contributed by atoms with E-state index in [0.717, 1.165) is 16.5 Å². The number of benzene rings is 3. The molecule has 0 fully saturated rings. The van der Waals surface area contributed by atoms with Crippen LogP contribution < -0.4 is 15.6 Å². The molecule has 9 heteroatoms. The van der Waals surface area contributed by atoms with Gasteiger partial charge in [0.15, 0.2) is 0 Å². The average molecular weight is 518 g/mol. The summed E-state index contributed by atoms with van der Waals surface area (Å²) in [6.45, 7) is 0. The van der Waals surface area contributed by atoms with E-state index in [1.165, 1.54) is 47.4 Å². The maximum absolute atomic E-state index is 13.3. The van der Waals surface area contributed by atoms with Crippen LogP contribution in [0.3, 0.4) is 0 Å². The molecule has 0 aliphatic carbocycles. The van der Waals surface area contributed by atoms with E-state index >= 15 is 0 Å². The smallest absolute Gasteiger partial charge is 0.267 e. The molecule has 0 radical (unpaired) electrons. The standard InChI is InChI=1S/C30H20FN5O3/c31-20-8-12-22(13-9-20)36-16-4-7-24(30(36)38)28(37)35-21-10-14-23(15-11-21)39-29-26-25(19-5-2-1-3-6-19)17-32-27(26)33-18-34-29/h1-18H,(H,35,37)(H,32,33,34). The maximum atomic E-state index is 13.3. The number of rotatable bonds is 6. The molecule has 190 valence electrons. The SMILES string of the molecule is O=C(Nc1ccc(Oc2ncnc3[nH]cc(-c4ccccc4)c23)cc1)c1cccn(-c2ccc(F)cc2)c1=O. The van der Waals surface area contributed by atoms with Crippen LogP contribution in [-0.4, -0.2) is 25.4 Å². The van der Waals surface area contributed by atoms with Crippen LogP contribution in [-0.2, 0) is 0 Å². The fourth-order valence-electron chi connectivity index (χ4n) is 4.25. The van der Waals surface area contributed by atoms with Crippen molar-refractivity contribution in [2.75, 3.05) is 5.32 Å². The van der Waals surface area contributed by atoms with Gasteiger partial charge in [0, 0.05) is 29.3 Å². The van der Waals surface area contributed by atoms with Crippen LogP contribution in [0, 0.1) is 5.82 Å². The molecule has 0 aliphatic heterocycles. The highest BCUT2D eigenvalue weighted by Gasteiger charge is 2.16. The van der Waals surface area contributed by atoms with Crippen LogP contribution in [0.1, 0.15) is 10.4 Å². The van der Waals surface area contributed by atoms with Gasteiger partial charge in [0.2, 0.25) is 5.88 Å². The van der Waals surface area contributed by atoms with Crippen LogP contribution in [0.2, 0.25) is 0 Å². The molecular weight excluding hydrogens is 497 g/mol. The van der Waals surface area contributed by atoms with E-state index in [1.807, 2.05) is 36.5 Å². The van der Waals surface area contributed by atoms with E-state index in [9.17, 15) is 14.0 Å². The van der Waals surface area contributed by atoms with E-state index < -0.39 is 17.3 Å². The molecule has 1 amide bonds. The number of fused-ring (bicyclic) bond motifs is 1. The van der Waals surface area contributed by atoms with Crippen molar-refractivity contribution in [1.29, 1.82) is 0 Å².